The molecule has 0 fully saturated rings. The van der Waals surface area contributed by atoms with Crippen molar-refractivity contribution in [1.82, 2.24) is 0 Å². The minimum atomic E-state index is -0.232. The molecule has 0 bridgehead atoms. The molecule has 0 aliphatic rings. The van der Waals surface area contributed by atoms with Gasteiger partial charge in [-0.05, 0) is 55.2 Å². The van der Waals surface area contributed by atoms with Crippen molar-refractivity contribution in [3.05, 3.63) is 53.6 Å². The predicted molar refractivity (Wildman–Crippen MR) is 105 cm³/mol. The smallest absolute Gasteiger partial charge is 0.262 e. The van der Waals surface area contributed by atoms with E-state index in [1.165, 1.54) is 0 Å². The molecule has 2 aromatic carbocycles. The van der Waals surface area contributed by atoms with E-state index in [1.807, 2.05) is 45.9 Å². The van der Waals surface area contributed by atoms with E-state index in [2.05, 4.69) is 10.6 Å². The van der Waals surface area contributed by atoms with Crippen LogP contribution in [0.25, 0.3) is 0 Å². The van der Waals surface area contributed by atoms with E-state index >= 15 is 0 Å². The highest BCUT2D eigenvalue weighted by atomic mass is 16.5. The number of carbonyl (C=O) groups excluding carboxylic acids is 2. The third kappa shape index (κ3) is 5.92. The highest BCUT2D eigenvalue weighted by Gasteiger charge is 2.08. The van der Waals surface area contributed by atoms with Crippen molar-refractivity contribution in [3.8, 4) is 5.75 Å². The Morgan fingerprint density at radius 3 is 1.88 bits per heavy atom. The molecule has 0 unspecified atom stereocenters. The summed E-state index contributed by atoms with van der Waals surface area (Å²) in [6, 6.07) is 12.9. The van der Waals surface area contributed by atoms with Crippen molar-refractivity contribution >= 4 is 23.2 Å². The molecule has 26 heavy (non-hydrogen) atoms. The third-order valence-corrected chi connectivity index (χ3v) is 3.80. The summed E-state index contributed by atoms with van der Waals surface area (Å²) in [5.41, 5.74) is 3.36. The quantitative estimate of drug-likeness (QED) is 0.779. The lowest BCUT2D eigenvalue weighted by Gasteiger charge is -2.12. The Labute approximate surface area is 154 Å². The van der Waals surface area contributed by atoms with Gasteiger partial charge in [0.05, 0.1) is 0 Å². The molecule has 5 nitrogen and oxygen atoms in total. The van der Waals surface area contributed by atoms with E-state index in [1.54, 1.807) is 24.3 Å². The zero-order valence-electron chi connectivity index (χ0n) is 15.8. The van der Waals surface area contributed by atoms with Crippen LogP contribution in [-0.4, -0.2) is 18.4 Å². The van der Waals surface area contributed by atoms with Gasteiger partial charge in [-0.25, -0.2) is 0 Å². The normalized spacial score (nSPS) is 10.5. The van der Waals surface area contributed by atoms with Gasteiger partial charge in [0.2, 0.25) is 5.91 Å². The lowest BCUT2D eigenvalue weighted by atomic mass is 10.1. The van der Waals surface area contributed by atoms with Gasteiger partial charge in [-0.15, -0.1) is 0 Å². The van der Waals surface area contributed by atoms with Crippen molar-refractivity contribution < 1.29 is 14.3 Å². The molecule has 0 atom stereocenters. The fourth-order valence-corrected chi connectivity index (χ4v) is 2.58. The molecule has 2 aromatic rings. The number of aryl methyl sites for hydroxylation is 2. The summed E-state index contributed by atoms with van der Waals surface area (Å²) in [5.74, 6) is 0.805. The molecule has 0 saturated carbocycles. The van der Waals surface area contributed by atoms with Gasteiger partial charge < -0.3 is 15.4 Å². The first-order valence-electron chi connectivity index (χ1n) is 8.74. The Kier molecular flexibility index (Phi) is 6.78. The maximum atomic E-state index is 12.1. The van der Waals surface area contributed by atoms with Crippen molar-refractivity contribution in [2.45, 2.75) is 34.1 Å². The highest BCUT2D eigenvalue weighted by molar-refractivity contribution is 5.93. The number of amides is 2. The summed E-state index contributed by atoms with van der Waals surface area (Å²) in [7, 11) is 0. The molecule has 0 aliphatic carbocycles. The van der Waals surface area contributed by atoms with Crippen molar-refractivity contribution in [2.75, 3.05) is 17.2 Å². The highest BCUT2D eigenvalue weighted by Crippen LogP contribution is 2.22. The van der Waals surface area contributed by atoms with Crippen molar-refractivity contribution in [1.29, 1.82) is 0 Å². The molecule has 5 heteroatoms. The van der Waals surface area contributed by atoms with Gasteiger partial charge in [-0.2, -0.15) is 0 Å². The van der Waals surface area contributed by atoms with Gasteiger partial charge in [0, 0.05) is 17.8 Å². The Morgan fingerprint density at radius 1 is 0.885 bits per heavy atom. The second-order valence-corrected chi connectivity index (χ2v) is 6.78. The van der Waals surface area contributed by atoms with Gasteiger partial charge in [0.1, 0.15) is 5.75 Å². The molecule has 0 spiro atoms. The van der Waals surface area contributed by atoms with E-state index < -0.39 is 0 Å². The molecule has 0 aromatic heterocycles. The number of ether oxygens (including phenoxy) is 1. The van der Waals surface area contributed by atoms with Gasteiger partial charge in [0.25, 0.3) is 5.91 Å². The Hall–Kier alpha value is -2.82. The second-order valence-electron chi connectivity index (χ2n) is 6.78. The number of carbonyl (C=O) groups is 2. The summed E-state index contributed by atoms with van der Waals surface area (Å²) in [6.45, 7) is 7.84. The number of para-hydroxylation sites is 1. The zero-order valence-corrected chi connectivity index (χ0v) is 15.8. The van der Waals surface area contributed by atoms with Gasteiger partial charge in [0.15, 0.2) is 6.61 Å². The van der Waals surface area contributed by atoms with Gasteiger partial charge >= 0.3 is 0 Å². The Morgan fingerprint density at radius 2 is 1.38 bits per heavy atom. The first-order chi connectivity index (χ1) is 12.3. The molecular formula is C21H26N2O3. The largest absolute Gasteiger partial charge is 0.483 e. The number of hydrogen-bond donors (Lipinski definition) is 2. The predicted octanol–water partition coefficient (Wildman–Crippen LogP) is 4.31. The summed E-state index contributed by atoms with van der Waals surface area (Å²) in [4.78, 5) is 23.8. The standard InChI is InChI=1S/C21H26N2O3/c1-14(2)12-19(24)22-17-8-10-18(11-9-17)23-20(25)13-26-21-15(3)6-5-7-16(21)4/h5-11,14H,12-13H2,1-4H3,(H,22,24)(H,23,25). The maximum absolute atomic E-state index is 12.1. The van der Waals surface area contributed by atoms with Crippen LogP contribution >= 0.6 is 0 Å². The summed E-state index contributed by atoms with van der Waals surface area (Å²) >= 11 is 0. The Bertz CT molecular complexity index is 747. The average Bonchev–Trinajstić information content (AvgIpc) is 2.55. The van der Waals surface area contributed by atoms with Crippen molar-refractivity contribution in [3.63, 3.8) is 0 Å². The summed E-state index contributed by atoms with van der Waals surface area (Å²) < 4.78 is 5.65. The Balaban J connectivity index is 1.86. The van der Waals surface area contributed by atoms with Crippen LogP contribution in [0.5, 0.6) is 5.75 Å². The molecule has 0 aliphatic heterocycles. The average molecular weight is 354 g/mol. The van der Waals surface area contributed by atoms with E-state index in [9.17, 15) is 9.59 Å². The third-order valence-electron chi connectivity index (χ3n) is 3.80. The van der Waals surface area contributed by atoms with Crippen LogP contribution in [0.3, 0.4) is 0 Å². The molecular weight excluding hydrogens is 328 g/mol. The number of anilines is 2. The van der Waals surface area contributed by atoms with E-state index in [0.717, 1.165) is 16.9 Å². The van der Waals surface area contributed by atoms with Crippen LogP contribution < -0.4 is 15.4 Å². The molecule has 2 amide bonds. The van der Waals surface area contributed by atoms with Crippen LogP contribution in [-0.2, 0) is 9.59 Å². The van der Waals surface area contributed by atoms with Crippen LogP contribution in [0.4, 0.5) is 11.4 Å². The number of rotatable bonds is 7. The van der Waals surface area contributed by atoms with Crippen LogP contribution in [0, 0.1) is 19.8 Å². The van der Waals surface area contributed by atoms with Crippen LogP contribution in [0.2, 0.25) is 0 Å². The SMILES string of the molecule is Cc1cccc(C)c1OCC(=O)Nc1ccc(NC(=O)CC(C)C)cc1. The summed E-state index contributed by atoms with van der Waals surface area (Å²) in [6.07, 6.45) is 0.480. The minimum Gasteiger partial charge on any atom is -0.483 e. The van der Waals surface area contributed by atoms with Gasteiger partial charge in [-0.3, -0.25) is 9.59 Å². The molecule has 0 saturated heterocycles. The second kappa shape index (κ2) is 9.04. The van der Waals surface area contributed by atoms with Crippen LogP contribution in [0.1, 0.15) is 31.4 Å². The first kappa shape index (κ1) is 19.5. The molecule has 0 radical (unpaired) electrons. The molecule has 138 valence electrons. The minimum absolute atomic E-state index is 0.0150. The molecule has 2 rings (SSSR count). The molecule has 0 heterocycles. The lowest BCUT2D eigenvalue weighted by molar-refractivity contribution is -0.118. The topological polar surface area (TPSA) is 67.4 Å². The van der Waals surface area contributed by atoms with Crippen LogP contribution in [0.15, 0.2) is 42.5 Å². The number of hydrogen-bond acceptors (Lipinski definition) is 3. The monoisotopic (exact) mass is 354 g/mol. The fourth-order valence-electron chi connectivity index (χ4n) is 2.58. The zero-order chi connectivity index (χ0) is 19.1. The van der Waals surface area contributed by atoms with Gasteiger partial charge in [-0.1, -0.05) is 32.0 Å². The lowest BCUT2D eigenvalue weighted by Crippen LogP contribution is -2.20. The number of benzene rings is 2. The van der Waals surface area contributed by atoms with E-state index in [-0.39, 0.29) is 18.4 Å². The fraction of sp³-hybridized carbons (Fsp3) is 0.333. The van der Waals surface area contributed by atoms with Crippen molar-refractivity contribution in [2.24, 2.45) is 5.92 Å². The van der Waals surface area contributed by atoms with E-state index in [4.69, 9.17) is 4.74 Å². The maximum Gasteiger partial charge on any atom is 0.262 e. The van der Waals surface area contributed by atoms with E-state index in [0.29, 0.717) is 23.7 Å². The first-order valence-corrected chi connectivity index (χ1v) is 8.74. The number of nitrogens with one attached hydrogen (secondary N) is 2. The summed E-state index contributed by atoms with van der Waals surface area (Å²) in [5, 5.41) is 5.62. The molecule has 2 N–H and O–H groups in total.